The molecular weight excluding hydrogens is 246 g/mol. The van der Waals surface area contributed by atoms with E-state index in [1.807, 2.05) is 6.92 Å². The lowest BCUT2D eigenvalue weighted by molar-refractivity contribution is -0.0496. The second-order valence-electron chi connectivity index (χ2n) is 5.22. The van der Waals surface area contributed by atoms with Crippen molar-refractivity contribution in [1.82, 2.24) is 9.88 Å². The van der Waals surface area contributed by atoms with Crippen LogP contribution in [0.2, 0.25) is 0 Å². The van der Waals surface area contributed by atoms with Crippen LogP contribution in [0.5, 0.6) is 0 Å². The zero-order valence-electron chi connectivity index (χ0n) is 11.4. The van der Waals surface area contributed by atoms with Gasteiger partial charge in [0.25, 0.3) is 0 Å². The van der Waals surface area contributed by atoms with Gasteiger partial charge in [-0.1, -0.05) is 0 Å². The van der Waals surface area contributed by atoms with Gasteiger partial charge in [0.15, 0.2) is 0 Å². The molecule has 1 aliphatic heterocycles. The Morgan fingerprint density at radius 3 is 3.00 bits per heavy atom. The second kappa shape index (κ2) is 6.10. The summed E-state index contributed by atoms with van der Waals surface area (Å²) < 4.78 is 5.81. The van der Waals surface area contributed by atoms with Crippen LogP contribution in [0.15, 0.2) is 5.38 Å². The predicted octanol–water partition coefficient (Wildman–Crippen LogP) is 1.43. The minimum absolute atomic E-state index is 0.0352. The van der Waals surface area contributed by atoms with Crippen LogP contribution in [0.1, 0.15) is 24.5 Å². The maximum Gasteiger partial charge on any atom is 0.0897 e. The number of nitrogens with two attached hydrogens (primary N) is 1. The number of morpholine rings is 1. The minimum atomic E-state index is 0.0352. The van der Waals surface area contributed by atoms with Crippen molar-refractivity contribution in [3.05, 3.63) is 16.1 Å². The number of nitrogens with zero attached hydrogens (tertiary/aromatic N) is 2. The Morgan fingerprint density at radius 1 is 1.61 bits per heavy atom. The van der Waals surface area contributed by atoms with E-state index in [4.69, 9.17) is 10.5 Å². The molecule has 0 spiro atoms. The first-order chi connectivity index (χ1) is 8.56. The third-order valence-corrected chi connectivity index (χ3v) is 4.27. The summed E-state index contributed by atoms with van der Waals surface area (Å²) in [5.74, 6) is 0. The number of thiazole rings is 1. The van der Waals surface area contributed by atoms with E-state index in [1.165, 1.54) is 0 Å². The Hall–Kier alpha value is -0.490. The van der Waals surface area contributed by atoms with Crippen molar-refractivity contribution < 1.29 is 4.74 Å². The van der Waals surface area contributed by atoms with Crippen molar-refractivity contribution >= 4 is 11.3 Å². The predicted molar refractivity (Wildman–Crippen MR) is 75.0 cm³/mol. The smallest absolute Gasteiger partial charge is 0.0897 e. The number of ether oxygens (including phenoxy) is 1. The molecule has 2 unspecified atom stereocenters. The summed E-state index contributed by atoms with van der Waals surface area (Å²) in [5, 5.41) is 3.20. The molecule has 2 heterocycles. The van der Waals surface area contributed by atoms with E-state index in [-0.39, 0.29) is 12.1 Å². The SMILES string of the molecule is Cc1nc(CC(N)C2CN(C(C)C)CCO2)cs1. The van der Waals surface area contributed by atoms with Crippen molar-refractivity contribution in [3.8, 4) is 0 Å². The van der Waals surface area contributed by atoms with Crippen molar-refractivity contribution in [2.24, 2.45) is 5.73 Å². The maximum atomic E-state index is 6.27. The van der Waals surface area contributed by atoms with Crippen LogP contribution in [0.3, 0.4) is 0 Å². The van der Waals surface area contributed by atoms with Crippen molar-refractivity contribution in [3.63, 3.8) is 0 Å². The quantitative estimate of drug-likeness (QED) is 0.898. The third-order valence-electron chi connectivity index (χ3n) is 3.44. The summed E-state index contributed by atoms with van der Waals surface area (Å²) in [6.45, 7) is 9.19. The van der Waals surface area contributed by atoms with Gasteiger partial charge >= 0.3 is 0 Å². The van der Waals surface area contributed by atoms with E-state index in [0.29, 0.717) is 6.04 Å². The van der Waals surface area contributed by atoms with Gasteiger partial charge in [0, 0.05) is 37.0 Å². The maximum absolute atomic E-state index is 6.27. The van der Waals surface area contributed by atoms with Crippen LogP contribution in [0.4, 0.5) is 0 Å². The molecule has 18 heavy (non-hydrogen) atoms. The summed E-state index contributed by atoms with van der Waals surface area (Å²) in [6.07, 6.45) is 0.934. The Balaban J connectivity index is 1.90. The average Bonchev–Trinajstić information content (AvgIpc) is 2.75. The highest BCUT2D eigenvalue weighted by molar-refractivity contribution is 7.09. The summed E-state index contributed by atoms with van der Waals surface area (Å²) in [5.41, 5.74) is 7.36. The molecule has 0 saturated carbocycles. The largest absolute Gasteiger partial charge is 0.374 e. The summed E-state index contributed by atoms with van der Waals surface area (Å²) in [6, 6.07) is 0.596. The molecule has 0 radical (unpaired) electrons. The molecule has 2 N–H and O–H groups in total. The van der Waals surface area contributed by atoms with E-state index < -0.39 is 0 Å². The Labute approximate surface area is 113 Å². The van der Waals surface area contributed by atoms with Gasteiger partial charge in [-0.15, -0.1) is 11.3 Å². The van der Waals surface area contributed by atoms with Crippen LogP contribution in [0, 0.1) is 6.92 Å². The van der Waals surface area contributed by atoms with Gasteiger partial charge in [-0.3, -0.25) is 4.90 Å². The van der Waals surface area contributed by atoms with E-state index in [9.17, 15) is 0 Å². The van der Waals surface area contributed by atoms with E-state index >= 15 is 0 Å². The lowest BCUT2D eigenvalue weighted by atomic mass is 10.0. The van der Waals surface area contributed by atoms with E-state index in [2.05, 4.69) is 29.1 Å². The van der Waals surface area contributed by atoms with Gasteiger partial charge < -0.3 is 10.5 Å². The van der Waals surface area contributed by atoms with Crippen molar-refractivity contribution in [2.45, 2.75) is 45.4 Å². The Bertz CT molecular complexity index is 380. The van der Waals surface area contributed by atoms with Gasteiger partial charge in [-0.05, 0) is 20.8 Å². The van der Waals surface area contributed by atoms with E-state index in [0.717, 1.165) is 36.8 Å². The number of hydrogen-bond donors (Lipinski definition) is 1. The normalized spacial score (nSPS) is 23.5. The lowest BCUT2D eigenvalue weighted by Crippen LogP contribution is -2.53. The molecule has 102 valence electrons. The molecule has 4 nitrogen and oxygen atoms in total. The fourth-order valence-corrected chi connectivity index (χ4v) is 2.92. The fourth-order valence-electron chi connectivity index (χ4n) is 2.30. The van der Waals surface area contributed by atoms with Gasteiger partial charge in [0.05, 0.1) is 23.4 Å². The average molecular weight is 269 g/mol. The van der Waals surface area contributed by atoms with E-state index in [1.54, 1.807) is 11.3 Å². The molecule has 5 heteroatoms. The summed E-state index contributed by atoms with van der Waals surface area (Å²) in [7, 11) is 0. The first-order valence-corrected chi connectivity index (χ1v) is 7.46. The highest BCUT2D eigenvalue weighted by atomic mass is 32.1. The molecule has 0 aliphatic carbocycles. The van der Waals surface area contributed by atoms with Crippen molar-refractivity contribution in [1.29, 1.82) is 0 Å². The van der Waals surface area contributed by atoms with Crippen LogP contribution >= 0.6 is 11.3 Å². The molecule has 2 rings (SSSR count). The standard InChI is InChI=1S/C13H23N3OS/c1-9(2)16-4-5-17-13(7-16)12(14)6-11-8-18-10(3)15-11/h8-9,12-13H,4-7,14H2,1-3H3. The number of hydrogen-bond acceptors (Lipinski definition) is 5. The first-order valence-electron chi connectivity index (χ1n) is 6.58. The number of rotatable bonds is 4. The highest BCUT2D eigenvalue weighted by Crippen LogP contribution is 2.15. The van der Waals surface area contributed by atoms with Crippen molar-refractivity contribution in [2.75, 3.05) is 19.7 Å². The molecular formula is C13H23N3OS. The number of aromatic nitrogens is 1. The highest BCUT2D eigenvalue weighted by Gasteiger charge is 2.27. The molecule has 0 bridgehead atoms. The molecule has 0 aromatic carbocycles. The van der Waals surface area contributed by atoms with Gasteiger partial charge in [-0.2, -0.15) is 0 Å². The third kappa shape index (κ3) is 3.51. The summed E-state index contributed by atoms with van der Waals surface area (Å²) >= 11 is 1.68. The van der Waals surface area contributed by atoms with Crippen LogP contribution in [0.25, 0.3) is 0 Å². The second-order valence-corrected chi connectivity index (χ2v) is 6.29. The van der Waals surface area contributed by atoms with Gasteiger partial charge in [0.1, 0.15) is 0 Å². The van der Waals surface area contributed by atoms with Crippen LogP contribution < -0.4 is 5.73 Å². The molecule has 1 aliphatic rings. The van der Waals surface area contributed by atoms with Crippen LogP contribution in [-0.4, -0.2) is 47.8 Å². The van der Waals surface area contributed by atoms with Crippen LogP contribution in [-0.2, 0) is 11.2 Å². The zero-order chi connectivity index (χ0) is 13.1. The zero-order valence-corrected chi connectivity index (χ0v) is 12.2. The van der Waals surface area contributed by atoms with Gasteiger partial charge in [-0.25, -0.2) is 4.98 Å². The Kier molecular flexibility index (Phi) is 4.72. The molecule has 1 saturated heterocycles. The lowest BCUT2D eigenvalue weighted by Gasteiger charge is -2.37. The fraction of sp³-hybridized carbons (Fsp3) is 0.769. The molecule has 2 atom stereocenters. The minimum Gasteiger partial charge on any atom is -0.374 e. The Morgan fingerprint density at radius 2 is 2.39 bits per heavy atom. The first kappa shape index (κ1) is 13.9. The topological polar surface area (TPSA) is 51.4 Å². The molecule has 0 amide bonds. The monoisotopic (exact) mass is 269 g/mol. The molecule has 1 fully saturated rings. The summed E-state index contributed by atoms with van der Waals surface area (Å²) in [4.78, 5) is 6.90. The van der Waals surface area contributed by atoms with Gasteiger partial charge in [0.2, 0.25) is 0 Å². The molecule has 1 aromatic heterocycles. The molecule has 1 aromatic rings. The number of aryl methyl sites for hydroxylation is 1.